The first-order chi connectivity index (χ1) is 10.2. The summed E-state index contributed by atoms with van der Waals surface area (Å²) in [6, 6.07) is 6.73. The molecule has 4 heterocycles. The van der Waals surface area contributed by atoms with Crippen molar-refractivity contribution in [1.82, 2.24) is 15.2 Å². The highest BCUT2D eigenvalue weighted by molar-refractivity contribution is 7.16. The first-order valence-electron chi connectivity index (χ1n) is 7.59. The summed E-state index contributed by atoms with van der Waals surface area (Å²) in [6.07, 6.45) is 2.42. The van der Waals surface area contributed by atoms with Crippen LogP contribution in [0.4, 0.5) is 0 Å². The number of fused-ring (bicyclic) bond motifs is 4. The monoisotopic (exact) mass is 301 g/mol. The molecule has 1 aromatic heterocycles. The van der Waals surface area contributed by atoms with Crippen molar-refractivity contribution in [3.8, 4) is 0 Å². The van der Waals surface area contributed by atoms with E-state index in [0.29, 0.717) is 18.0 Å². The molecule has 1 N–H and O–H groups in total. The molecule has 1 amide bonds. The largest absolute Gasteiger partial charge is 0.348 e. The number of amides is 1. The number of nitrogens with one attached hydrogen (secondary N) is 1. The summed E-state index contributed by atoms with van der Waals surface area (Å²) in [5, 5.41) is 3.25. The molecule has 4 atom stereocenters. The van der Waals surface area contributed by atoms with E-state index in [-0.39, 0.29) is 5.91 Å². The van der Waals surface area contributed by atoms with Crippen molar-refractivity contribution in [2.75, 3.05) is 13.1 Å². The van der Waals surface area contributed by atoms with Crippen LogP contribution in [-0.2, 0) is 0 Å². The van der Waals surface area contributed by atoms with E-state index < -0.39 is 0 Å². The van der Waals surface area contributed by atoms with E-state index in [0.717, 1.165) is 22.3 Å². The van der Waals surface area contributed by atoms with Gasteiger partial charge in [0.15, 0.2) is 0 Å². The second kappa shape index (κ2) is 5.07. The normalized spacial score (nSPS) is 31.5. The van der Waals surface area contributed by atoms with Gasteiger partial charge in [-0.25, -0.2) is 4.98 Å². The predicted molar refractivity (Wildman–Crippen MR) is 84.6 cm³/mol. The highest BCUT2D eigenvalue weighted by Gasteiger charge is 2.38. The molecule has 5 rings (SSSR count). The quantitative estimate of drug-likeness (QED) is 0.927. The molecular weight excluding hydrogens is 282 g/mol. The van der Waals surface area contributed by atoms with Crippen LogP contribution in [0.1, 0.15) is 30.1 Å². The molecule has 4 nitrogen and oxygen atoms in total. The molecule has 3 saturated heterocycles. The lowest BCUT2D eigenvalue weighted by Crippen LogP contribution is -2.60. The summed E-state index contributed by atoms with van der Waals surface area (Å²) in [5.74, 6) is 0.692. The van der Waals surface area contributed by atoms with Gasteiger partial charge in [-0.05, 0) is 50.4 Å². The van der Waals surface area contributed by atoms with Gasteiger partial charge in [-0.3, -0.25) is 9.69 Å². The summed E-state index contributed by atoms with van der Waals surface area (Å²) in [7, 11) is 0. The molecule has 0 spiro atoms. The smallest absolute Gasteiger partial charge is 0.251 e. The fourth-order valence-corrected chi connectivity index (χ4v) is 4.42. The number of carbonyl (C=O) groups is 1. The first-order valence-corrected chi connectivity index (χ1v) is 8.47. The van der Waals surface area contributed by atoms with Crippen molar-refractivity contribution in [2.45, 2.75) is 31.8 Å². The highest BCUT2D eigenvalue weighted by Crippen LogP contribution is 2.32. The zero-order valence-corrected chi connectivity index (χ0v) is 12.9. The number of piperidine rings is 3. The Bertz CT molecular complexity index is 683. The molecule has 0 aliphatic carbocycles. The number of aromatic nitrogens is 1. The molecule has 21 heavy (non-hydrogen) atoms. The maximum absolute atomic E-state index is 12.5. The lowest BCUT2D eigenvalue weighted by molar-refractivity contribution is 0.0274. The van der Waals surface area contributed by atoms with Gasteiger partial charge < -0.3 is 5.32 Å². The Morgan fingerprint density at radius 2 is 2.38 bits per heavy atom. The topological polar surface area (TPSA) is 45.2 Å². The average molecular weight is 301 g/mol. The van der Waals surface area contributed by atoms with Gasteiger partial charge in [-0.15, -0.1) is 11.3 Å². The lowest BCUT2D eigenvalue weighted by Gasteiger charge is -2.48. The summed E-state index contributed by atoms with van der Waals surface area (Å²) < 4.78 is 1.07. The van der Waals surface area contributed by atoms with Crippen LogP contribution in [0.15, 0.2) is 23.7 Å². The Balaban J connectivity index is 1.50. The molecule has 2 bridgehead atoms. The number of hydrogen-bond acceptors (Lipinski definition) is 4. The maximum Gasteiger partial charge on any atom is 0.251 e. The van der Waals surface area contributed by atoms with Gasteiger partial charge in [0.2, 0.25) is 0 Å². The van der Waals surface area contributed by atoms with Crippen LogP contribution in [-0.4, -0.2) is 41.0 Å². The number of carbonyl (C=O) groups excluding carboxylic acids is 1. The molecule has 110 valence electrons. The van der Waals surface area contributed by atoms with Crippen molar-refractivity contribution in [1.29, 1.82) is 0 Å². The van der Waals surface area contributed by atoms with Crippen LogP contribution in [0.25, 0.3) is 10.2 Å². The van der Waals surface area contributed by atoms with Gasteiger partial charge in [0.1, 0.15) is 0 Å². The van der Waals surface area contributed by atoms with Crippen LogP contribution >= 0.6 is 11.3 Å². The Hall–Kier alpha value is -1.46. The number of thiazole rings is 1. The Morgan fingerprint density at radius 1 is 1.48 bits per heavy atom. The van der Waals surface area contributed by atoms with Crippen LogP contribution in [0, 0.1) is 5.92 Å². The van der Waals surface area contributed by atoms with Crippen molar-refractivity contribution in [2.24, 2.45) is 5.92 Å². The molecular formula is C16H19N3OS. The Kier molecular flexibility index (Phi) is 3.19. The molecule has 1 aromatic carbocycles. The van der Waals surface area contributed by atoms with Crippen molar-refractivity contribution in [3.05, 3.63) is 29.3 Å². The third-order valence-corrected chi connectivity index (χ3v) is 5.76. The standard InChI is InChI=1S/C16H19N3OS/c1-10-6-11-4-5-19(10)8-14(11)18-16(20)12-2-3-13-15(7-12)21-9-17-13/h2-3,7,9-11,14H,4-6,8H2,1H3,(H,18,20). The third-order valence-electron chi connectivity index (χ3n) is 4.96. The van der Waals surface area contributed by atoms with Crippen molar-refractivity contribution in [3.63, 3.8) is 0 Å². The Labute approximate surface area is 128 Å². The zero-order valence-electron chi connectivity index (χ0n) is 12.1. The summed E-state index contributed by atoms with van der Waals surface area (Å²) >= 11 is 1.58. The van der Waals surface area contributed by atoms with E-state index in [1.807, 2.05) is 23.7 Å². The van der Waals surface area contributed by atoms with E-state index in [1.54, 1.807) is 11.3 Å². The van der Waals surface area contributed by atoms with E-state index >= 15 is 0 Å². The van der Waals surface area contributed by atoms with Crippen LogP contribution in [0.2, 0.25) is 0 Å². The van der Waals surface area contributed by atoms with E-state index in [9.17, 15) is 4.79 Å². The second-order valence-electron chi connectivity index (χ2n) is 6.24. The van der Waals surface area contributed by atoms with Gasteiger partial charge in [0.05, 0.1) is 15.7 Å². The van der Waals surface area contributed by atoms with Crippen LogP contribution in [0.5, 0.6) is 0 Å². The van der Waals surface area contributed by atoms with E-state index in [2.05, 4.69) is 22.1 Å². The molecule has 0 radical (unpaired) electrons. The van der Waals surface area contributed by atoms with Crippen LogP contribution in [0.3, 0.4) is 0 Å². The van der Waals surface area contributed by atoms with Crippen molar-refractivity contribution < 1.29 is 4.79 Å². The molecule has 0 saturated carbocycles. The number of benzene rings is 1. The van der Waals surface area contributed by atoms with Gasteiger partial charge in [0, 0.05) is 24.2 Å². The summed E-state index contributed by atoms with van der Waals surface area (Å²) in [4.78, 5) is 19.2. The molecule has 4 unspecified atom stereocenters. The fraction of sp³-hybridized carbons (Fsp3) is 0.500. The minimum Gasteiger partial charge on any atom is -0.348 e. The summed E-state index contributed by atoms with van der Waals surface area (Å²) in [5.41, 5.74) is 3.53. The maximum atomic E-state index is 12.5. The molecule has 5 heteroatoms. The van der Waals surface area contributed by atoms with Crippen molar-refractivity contribution >= 4 is 27.5 Å². The molecule has 3 aliphatic heterocycles. The Morgan fingerprint density at radius 3 is 3.14 bits per heavy atom. The molecule has 2 aromatic rings. The number of rotatable bonds is 2. The zero-order chi connectivity index (χ0) is 14.4. The molecule has 3 fully saturated rings. The highest BCUT2D eigenvalue weighted by atomic mass is 32.1. The predicted octanol–water partition coefficient (Wildman–Crippen LogP) is 2.51. The fourth-order valence-electron chi connectivity index (χ4n) is 3.71. The molecule has 3 aliphatic rings. The first kappa shape index (κ1) is 13.2. The number of hydrogen-bond donors (Lipinski definition) is 1. The SMILES string of the molecule is CC1CC2CCN1CC2NC(=O)c1ccc2ncsc2c1. The van der Waals surface area contributed by atoms with Gasteiger partial charge in [-0.2, -0.15) is 0 Å². The average Bonchev–Trinajstić information content (AvgIpc) is 2.96. The van der Waals surface area contributed by atoms with E-state index in [1.165, 1.54) is 19.4 Å². The van der Waals surface area contributed by atoms with Gasteiger partial charge in [-0.1, -0.05) is 0 Å². The second-order valence-corrected chi connectivity index (χ2v) is 7.13. The van der Waals surface area contributed by atoms with E-state index in [4.69, 9.17) is 0 Å². The van der Waals surface area contributed by atoms with Gasteiger partial charge in [0.25, 0.3) is 5.91 Å². The third kappa shape index (κ3) is 2.34. The minimum atomic E-state index is 0.0525. The minimum absolute atomic E-state index is 0.0525. The number of nitrogens with zero attached hydrogens (tertiary/aromatic N) is 2. The lowest BCUT2D eigenvalue weighted by atomic mass is 9.80. The van der Waals surface area contributed by atoms with Crippen LogP contribution < -0.4 is 5.32 Å². The van der Waals surface area contributed by atoms with Gasteiger partial charge >= 0.3 is 0 Å². The summed E-state index contributed by atoms with van der Waals surface area (Å²) in [6.45, 7) is 4.48.